The van der Waals surface area contributed by atoms with Crippen LogP contribution in [0, 0.1) is 0 Å². The normalized spacial score (nSPS) is 13.3. The van der Waals surface area contributed by atoms with E-state index in [2.05, 4.69) is 10.6 Å². The van der Waals surface area contributed by atoms with Crippen molar-refractivity contribution in [2.45, 2.75) is 25.4 Å². The van der Waals surface area contributed by atoms with Gasteiger partial charge in [-0.2, -0.15) is 0 Å². The van der Waals surface area contributed by atoms with E-state index in [0.717, 1.165) is 16.2 Å². The second kappa shape index (κ2) is 9.03. The fraction of sp³-hybridized carbons (Fsp3) is 0.368. The van der Waals surface area contributed by atoms with Gasteiger partial charge in [0.15, 0.2) is 11.8 Å². The van der Waals surface area contributed by atoms with Gasteiger partial charge in [0.1, 0.15) is 0 Å². The van der Waals surface area contributed by atoms with Gasteiger partial charge >= 0.3 is 0 Å². The minimum Gasteiger partial charge on any atom is -0.463 e. The average Bonchev–Trinajstić information content (AvgIpc) is 3.08. The van der Waals surface area contributed by atoms with Crippen LogP contribution in [0.5, 0.6) is 0 Å². The summed E-state index contributed by atoms with van der Waals surface area (Å²) in [5.74, 6) is 0.565. The molecule has 0 aliphatic heterocycles. The van der Waals surface area contributed by atoms with Crippen LogP contribution in [0.4, 0.5) is 0 Å². The van der Waals surface area contributed by atoms with E-state index in [4.69, 9.17) is 4.42 Å². The van der Waals surface area contributed by atoms with Gasteiger partial charge in [-0.05, 0) is 17.7 Å². The first-order valence-electron chi connectivity index (χ1n) is 8.39. The molecule has 0 unspecified atom stereocenters. The van der Waals surface area contributed by atoms with Crippen LogP contribution in [0.3, 0.4) is 0 Å². The Balaban J connectivity index is 1.97. The number of carbonyl (C=O) groups excluding carboxylic acids is 2. The highest BCUT2D eigenvalue weighted by molar-refractivity contribution is 5.79. The fourth-order valence-corrected chi connectivity index (χ4v) is 2.74. The van der Waals surface area contributed by atoms with Crippen molar-refractivity contribution in [1.82, 2.24) is 10.6 Å². The first-order chi connectivity index (χ1) is 12.0. The van der Waals surface area contributed by atoms with Crippen molar-refractivity contribution in [3.8, 4) is 0 Å². The molecule has 6 heteroatoms. The third kappa shape index (κ3) is 5.76. The van der Waals surface area contributed by atoms with Crippen LogP contribution in [0.1, 0.15) is 36.8 Å². The van der Waals surface area contributed by atoms with Crippen LogP contribution in [0.25, 0.3) is 0 Å². The Morgan fingerprint density at radius 3 is 2.40 bits per heavy atom. The summed E-state index contributed by atoms with van der Waals surface area (Å²) in [7, 11) is 4.03. The quantitative estimate of drug-likeness (QED) is 0.664. The van der Waals surface area contributed by atoms with Gasteiger partial charge in [0.2, 0.25) is 11.8 Å². The van der Waals surface area contributed by atoms with Crippen molar-refractivity contribution in [2.75, 3.05) is 20.6 Å². The van der Waals surface area contributed by atoms with E-state index >= 15 is 0 Å². The second-order valence-electron chi connectivity index (χ2n) is 6.32. The van der Waals surface area contributed by atoms with Gasteiger partial charge in [-0.15, -0.1) is 0 Å². The van der Waals surface area contributed by atoms with Gasteiger partial charge in [-0.25, -0.2) is 0 Å². The van der Waals surface area contributed by atoms with E-state index in [0.29, 0.717) is 6.54 Å². The lowest BCUT2D eigenvalue weighted by Gasteiger charge is -2.21. The number of benzene rings is 1. The molecular formula is C19H26N3O3+. The molecule has 134 valence electrons. The molecule has 25 heavy (non-hydrogen) atoms. The lowest BCUT2D eigenvalue weighted by molar-refractivity contribution is -0.891. The Morgan fingerprint density at radius 2 is 1.84 bits per heavy atom. The Labute approximate surface area is 148 Å². The Morgan fingerprint density at radius 1 is 1.12 bits per heavy atom. The molecule has 0 fully saturated rings. The van der Waals surface area contributed by atoms with Crippen LogP contribution < -0.4 is 15.5 Å². The molecule has 6 nitrogen and oxygen atoms in total. The Hall–Kier alpha value is -2.60. The van der Waals surface area contributed by atoms with Crippen LogP contribution in [-0.4, -0.2) is 32.5 Å². The molecule has 1 aromatic heterocycles. The summed E-state index contributed by atoms with van der Waals surface area (Å²) >= 11 is 0. The molecule has 1 heterocycles. The SMILES string of the molecule is CC(=O)N[C@H](CC(=O)NC[C@@H](c1ccco1)[NH+](C)C)c1ccccc1. The van der Waals surface area contributed by atoms with Gasteiger partial charge in [0.25, 0.3) is 0 Å². The lowest BCUT2D eigenvalue weighted by Crippen LogP contribution is -3.07. The van der Waals surface area contributed by atoms with Gasteiger partial charge in [-0.3, -0.25) is 9.59 Å². The summed E-state index contributed by atoms with van der Waals surface area (Å²) in [5, 5.41) is 5.80. The molecule has 0 saturated heterocycles. The van der Waals surface area contributed by atoms with E-state index in [1.807, 2.05) is 56.6 Å². The molecule has 0 radical (unpaired) electrons. The highest BCUT2D eigenvalue weighted by Gasteiger charge is 2.23. The van der Waals surface area contributed by atoms with Crippen LogP contribution in [-0.2, 0) is 9.59 Å². The predicted molar refractivity (Wildman–Crippen MR) is 94.9 cm³/mol. The van der Waals surface area contributed by atoms with Gasteiger partial charge < -0.3 is 20.0 Å². The first-order valence-corrected chi connectivity index (χ1v) is 8.39. The molecule has 2 aromatic rings. The van der Waals surface area contributed by atoms with Crippen LogP contribution >= 0.6 is 0 Å². The fourth-order valence-electron chi connectivity index (χ4n) is 2.74. The van der Waals surface area contributed by atoms with E-state index in [1.54, 1.807) is 6.26 Å². The number of nitrogens with one attached hydrogen (secondary N) is 3. The molecule has 2 atom stereocenters. The van der Waals surface area contributed by atoms with E-state index in [1.165, 1.54) is 6.92 Å². The predicted octanol–water partition coefficient (Wildman–Crippen LogP) is 0.849. The third-order valence-electron chi connectivity index (χ3n) is 4.06. The smallest absolute Gasteiger partial charge is 0.222 e. The monoisotopic (exact) mass is 344 g/mol. The van der Waals surface area contributed by atoms with E-state index < -0.39 is 0 Å². The maximum absolute atomic E-state index is 12.4. The largest absolute Gasteiger partial charge is 0.463 e. The van der Waals surface area contributed by atoms with Crippen molar-refractivity contribution in [3.63, 3.8) is 0 Å². The van der Waals surface area contributed by atoms with Gasteiger partial charge in [0, 0.05) is 6.92 Å². The number of rotatable bonds is 8. The summed E-state index contributed by atoms with van der Waals surface area (Å²) in [6, 6.07) is 13.0. The summed E-state index contributed by atoms with van der Waals surface area (Å²) in [5.41, 5.74) is 0.911. The average molecular weight is 344 g/mol. The molecule has 0 aliphatic rings. The zero-order chi connectivity index (χ0) is 18.2. The zero-order valence-corrected chi connectivity index (χ0v) is 14.9. The Kier molecular flexibility index (Phi) is 6.77. The minimum absolute atomic E-state index is 0.0369. The molecular weight excluding hydrogens is 318 g/mol. The number of quaternary nitrogens is 1. The van der Waals surface area contributed by atoms with Crippen molar-refractivity contribution in [1.29, 1.82) is 0 Å². The van der Waals surface area contributed by atoms with E-state index in [-0.39, 0.29) is 30.3 Å². The maximum Gasteiger partial charge on any atom is 0.222 e. The third-order valence-corrected chi connectivity index (χ3v) is 4.06. The van der Waals surface area contributed by atoms with Crippen molar-refractivity contribution in [2.24, 2.45) is 0 Å². The first kappa shape index (κ1) is 18.7. The van der Waals surface area contributed by atoms with Crippen molar-refractivity contribution < 1.29 is 18.9 Å². The number of likely N-dealkylation sites (N-methyl/N-ethyl adjacent to an activating group) is 1. The van der Waals surface area contributed by atoms with Crippen molar-refractivity contribution in [3.05, 3.63) is 60.1 Å². The standard InChI is InChI=1S/C19H25N3O3/c1-14(23)21-16(15-8-5-4-6-9-15)12-19(24)20-13-17(22(2)3)18-10-7-11-25-18/h4-11,16-17H,12-13H2,1-3H3,(H,20,24)(H,21,23)/p+1/t16-,17+/m1/s1. The Bertz CT molecular complexity index is 668. The number of hydrogen-bond donors (Lipinski definition) is 3. The molecule has 0 saturated carbocycles. The number of carbonyl (C=O) groups is 2. The summed E-state index contributed by atoms with van der Waals surface area (Å²) in [6.45, 7) is 1.92. The number of amides is 2. The van der Waals surface area contributed by atoms with Gasteiger partial charge in [-0.1, -0.05) is 30.3 Å². The summed E-state index contributed by atoms with van der Waals surface area (Å²) in [4.78, 5) is 25.0. The highest BCUT2D eigenvalue weighted by atomic mass is 16.3. The second-order valence-corrected chi connectivity index (χ2v) is 6.32. The molecule has 2 rings (SSSR count). The highest BCUT2D eigenvalue weighted by Crippen LogP contribution is 2.16. The summed E-state index contributed by atoms with van der Waals surface area (Å²) < 4.78 is 5.46. The summed E-state index contributed by atoms with van der Waals surface area (Å²) in [6.07, 6.45) is 1.83. The molecule has 3 N–H and O–H groups in total. The maximum atomic E-state index is 12.4. The van der Waals surface area contributed by atoms with Crippen molar-refractivity contribution >= 4 is 11.8 Å². The molecule has 1 aromatic carbocycles. The molecule has 0 spiro atoms. The minimum atomic E-state index is -0.340. The van der Waals surface area contributed by atoms with E-state index in [9.17, 15) is 9.59 Å². The number of hydrogen-bond acceptors (Lipinski definition) is 3. The van der Waals surface area contributed by atoms with Crippen LogP contribution in [0.15, 0.2) is 53.1 Å². The zero-order valence-electron chi connectivity index (χ0n) is 14.9. The molecule has 0 bridgehead atoms. The van der Waals surface area contributed by atoms with Gasteiger partial charge in [0.05, 0.1) is 39.4 Å². The molecule has 0 aliphatic carbocycles. The number of furan rings is 1. The lowest BCUT2D eigenvalue weighted by atomic mass is 10.0. The van der Waals surface area contributed by atoms with Crippen LogP contribution in [0.2, 0.25) is 0 Å². The molecule has 2 amide bonds. The topological polar surface area (TPSA) is 75.8 Å².